The van der Waals surface area contributed by atoms with Gasteiger partial charge in [-0.05, 0) is 42.5 Å². The van der Waals surface area contributed by atoms with E-state index in [1.54, 1.807) is 23.6 Å². The van der Waals surface area contributed by atoms with Crippen molar-refractivity contribution in [1.82, 2.24) is 15.1 Å². The van der Waals surface area contributed by atoms with Crippen LogP contribution in [0.2, 0.25) is 0 Å². The number of allylic oxidation sites excluding steroid dienone is 2. The van der Waals surface area contributed by atoms with Crippen LogP contribution in [-0.4, -0.2) is 28.5 Å². The topological polar surface area (TPSA) is 82.3 Å². The maximum Gasteiger partial charge on any atom is 0.231 e. The van der Waals surface area contributed by atoms with Crippen molar-refractivity contribution in [2.24, 2.45) is 0 Å². The summed E-state index contributed by atoms with van der Waals surface area (Å²) < 4.78 is 16.2. The third kappa shape index (κ3) is 2.61. The zero-order valence-electron chi connectivity index (χ0n) is 16.6. The summed E-state index contributed by atoms with van der Waals surface area (Å²) in [6, 6.07) is 7.89. The minimum atomic E-state index is 0.292. The predicted octanol–water partition coefficient (Wildman–Crippen LogP) is 5.00. The first-order valence-corrected chi connectivity index (χ1v) is 11.2. The van der Waals surface area contributed by atoms with Crippen LogP contribution in [-0.2, 0) is 6.42 Å². The monoisotopic (exact) mass is 430 g/mol. The summed E-state index contributed by atoms with van der Waals surface area (Å²) >= 11 is 1.79. The van der Waals surface area contributed by atoms with E-state index < -0.39 is 0 Å². The second-order valence-corrected chi connectivity index (χ2v) is 8.98. The molecule has 0 saturated heterocycles. The minimum Gasteiger partial charge on any atom is -0.454 e. The summed E-state index contributed by atoms with van der Waals surface area (Å²) in [6.07, 6.45) is 7.21. The smallest absolute Gasteiger partial charge is 0.231 e. The molecule has 7 rings (SSSR count). The number of benzene rings is 1. The van der Waals surface area contributed by atoms with E-state index in [9.17, 15) is 0 Å². The molecule has 8 heteroatoms. The van der Waals surface area contributed by atoms with Crippen molar-refractivity contribution in [2.75, 3.05) is 18.7 Å². The van der Waals surface area contributed by atoms with Crippen LogP contribution in [0.1, 0.15) is 34.8 Å². The highest BCUT2D eigenvalue weighted by molar-refractivity contribution is 7.19. The molecule has 0 amide bonds. The van der Waals surface area contributed by atoms with Gasteiger partial charge in [0, 0.05) is 29.0 Å². The number of hydrogen-bond acceptors (Lipinski definition) is 8. The van der Waals surface area contributed by atoms with Crippen molar-refractivity contribution < 1.29 is 14.0 Å². The third-order valence-corrected chi connectivity index (χ3v) is 7.38. The highest BCUT2D eigenvalue weighted by Gasteiger charge is 2.39. The van der Waals surface area contributed by atoms with E-state index in [2.05, 4.69) is 22.6 Å². The molecule has 31 heavy (non-hydrogen) atoms. The van der Waals surface area contributed by atoms with E-state index in [0.717, 1.165) is 46.9 Å². The summed E-state index contributed by atoms with van der Waals surface area (Å²) in [5.41, 5.74) is 4.00. The van der Waals surface area contributed by atoms with Crippen LogP contribution in [0.3, 0.4) is 0 Å². The van der Waals surface area contributed by atoms with Crippen LogP contribution in [0.15, 0.2) is 41.1 Å². The van der Waals surface area contributed by atoms with Gasteiger partial charge in [-0.25, -0.2) is 9.97 Å². The number of thiophene rings is 1. The number of nitrogens with zero attached hydrogens (tertiary/aromatic N) is 3. The lowest BCUT2D eigenvalue weighted by molar-refractivity contribution is 0.174. The Morgan fingerprint density at radius 3 is 3.03 bits per heavy atom. The molecule has 0 saturated carbocycles. The number of anilines is 1. The van der Waals surface area contributed by atoms with Gasteiger partial charge in [0.1, 0.15) is 10.6 Å². The van der Waals surface area contributed by atoms with Crippen molar-refractivity contribution in [3.8, 4) is 23.1 Å². The van der Waals surface area contributed by atoms with Gasteiger partial charge in [-0.1, -0.05) is 17.3 Å². The van der Waals surface area contributed by atoms with E-state index in [1.165, 1.54) is 28.0 Å². The van der Waals surface area contributed by atoms with Crippen LogP contribution < -0.4 is 14.8 Å². The van der Waals surface area contributed by atoms with E-state index in [1.807, 2.05) is 12.1 Å². The highest BCUT2D eigenvalue weighted by Crippen LogP contribution is 2.59. The van der Waals surface area contributed by atoms with Gasteiger partial charge in [-0.2, -0.15) is 0 Å². The molecule has 1 aliphatic heterocycles. The number of rotatable bonds is 5. The molecule has 0 fully saturated rings. The van der Waals surface area contributed by atoms with Gasteiger partial charge in [0.15, 0.2) is 11.5 Å². The molecule has 7 nitrogen and oxygen atoms in total. The fourth-order valence-corrected chi connectivity index (χ4v) is 6.07. The van der Waals surface area contributed by atoms with Gasteiger partial charge in [0.25, 0.3) is 0 Å². The van der Waals surface area contributed by atoms with Crippen LogP contribution in [0.25, 0.3) is 27.4 Å². The summed E-state index contributed by atoms with van der Waals surface area (Å²) in [4.78, 5) is 12.1. The number of ether oxygens (including phenoxy) is 2. The van der Waals surface area contributed by atoms with Crippen molar-refractivity contribution in [1.29, 1.82) is 0 Å². The molecule has 1 unspecified atom stereocenters. The number of hydrogen-bond donors (Lipinski definition) is 1. The SMILES string of the molecule is C1=C2c3c(sc4nc(-c5ccno5)nc(NCCc5ccc6c(c5)OCO6)c34)C2CC1. The second-order valence-electron chi connectivity index (χ2n) is 7.95. The zero-order chi connectivity index (χ0) is 20.4. The first-order valence-electron chi connectivity index (χ1n) is 10.4. The summed E-state index contributed by atoms with van der Waals surface area (Å²) in [6.45, 7) is 1.04. The third-order valence-electron chi connectivity index (χ3n) is 6.18. The van der Waals surface area contributed by atoms with E-state index >= 15 is 0 Å². The zero-order valence-corrected chi connectivity index (χ0v) is 17.4. The summed E-state index contributed by atoms with van der Waals surface area (Å²) in [5.74, 6) is 4.22. The molecule has 4 heterocycles. The Hall–Kier alpha value is -3.39. The van der Waals surface area contributed by atoms with Crippen molar-refractivity contribution >= 4 is 32.9 Å². The van der Waals surface area contributed by atoms with Gasteiger partial charge in [-0.15, -0.1) is 11.3 Å². The largest absolute Gasteiger partial charge is 0.454 e. The molecule has 0 radical (unpaired) electrons. The lowest BCUT2D eigenvalue weighted by Gasteiger charge is -2.26. The van der Waals surface area contributed by atoms with E-state index in [-0.39, 0.29) is 0 Å². The normalized spacial score (nSPS) is 17.9. The fraction of sp³-hybridized carbons (Fsp3) is 0.261. The van der Waals surface area contributed by atoms with Crippen molar-refractivity contribution in [3.05, 3.63) is 52.5 Å². The first kappa shape index (κ1) is 17.3. The lowest BCUT2D eigenvalue weighted by atomic mass is 9.80. The van der Waals surface area contributed by atoms with Crippen LogP contribution in [0.5, 0.6) is 11.5 Å². The van der Waals surface area contributed by atoms with Gasteiger partial charge in [0.2, 0.25) is 18.4 Å². The second kappa shape index (κ2) is 6.55. The molecular weight excluding hydrogens is 412 g/mol. The lowest BCUT2D eigenvalue weighted by Crippen LogP contribution is -2.11. The summed E-state index contributed by atoms with van der Waals surface area (Å²) in [5, 5.41) is 8.52. The molecular formula is C23H18N4O3S. The predicted molar refractivity (Wildman–Crippen MR) is 118 cm³/mol. The summed E-state index contributed by atoms with van der Waals surface area (Å²) in [7, 11) is 0. The van der Waals surface area contributed by atoms with Crippen molar-refractivity contribution in [2.45, 2.75) is 25.2 Å². The Morgan fingerprint density at radius 1 is 1.13 bits per heavy atom. The van der Waals surface area contributed by atoms with E-state index in [4.69, 9.17) is 24.0 Å². The maximum atomic E-state index is 5.50. The van der Waals surface area contributed by atoms with Crippen molar-refractivity contribution in [3.63, 3.8) is 0 Å². The number of nitrogens with one attached hydrogen (secondary N) is 1. The van der Waals surface area contributed by atoms with Gasteiger partial charge in [-0.3, -0.25) is 0 Å². The molecule has 1 atom stereocenters. The Labute approximate surface area is 181 Å². The molecule has 3 aromatic heterocycles. The maximum absolute atomic E-state index is 5.50. The van der Waals surface area contributed by atoms with Crippen LogP contribution in [0, 0.1) is 0 Å². The fourth-order valence-electron chi connectivity index (χ4n) is 4.71. The molecule has 1 aromatic carbocycles. The Balaban J connectivity index is 1.24. The van der Waals surface area contributed by atoms with Crippen LogP contribution >= 0.6 is 11.3 Å². The van der Waals surface area contributed by atoms with Crippen LogP contribution in [0.4, 0.5) is 5.82 Å². The van der Waals surface area contributed by atoms with E-state index in [0.29, 0.717) is 24.3 Å². The highest BCUT2D eigenvalue weighted by atomic mass is 32.1. The standard InChI is InChI=1S/C23H18N4O3S/c1-2-13-14(3-1)20-18(13)19-22(26-21(27-23(19)31-20)16-7-9-25-30-16)24-8-6-12-4-5-15-17(10-12)29-11-28-15/h2,4-5,7,9-10,14H,1,3,6,8,11H2,(H,24,26,27). The molecule has 0 spiro atoms. The first-order chi connectivity index (χ1) is 15.3. The Morgan fingerprint density at radius 2 is 2.10 bits per heavy atom. The number of aromatic nitrogens is 3. The van der Waals surface area contributed by atoms with Gasteiger partial charge < -0.3 is 19.3 Å². The minimum absolute atomic E-state index is 0.292. The average molecular weight is 430 g/mol. The Bertz CT molecular complexity index is 1360. The van der Waals surface area contributed by atoms with Gasteiger partial charge >= 0.3 is 0 Å². The molecule has 1 N–H and O–H groups in total. The van der Waals surface area contributed by atoms with Gasteiger partial charge in [0.05, 0.1) is 11.6 Å². The molecule has 2 aliphatic carbocycles. The molecule has 154 valence electrons. The average Bonchev–Trinajstić information content (AvgIpc) is 3.56. The Kier molecular flexibility index (Phi) is 3.66. The molecule has 0 bridgehead atoms. The quantitative estimate of drug-likeness (QED) is 0.477. The molecule has 3 aliphatic rings. The number of fused-ring (bicyclic) bond motifs is 7. The molecule has 4 aromatic rings.